The molecule has 0 aliphatic heterocycles. The molecule has 0 amide bonds. The van der Waals surface area contributed by atoms with Crippen LogP contribution in [0.5, 0.6) is 0 Å². The molecule has 0 bridgehead atoms. The number of alkyl halides is 1. The van der Waals surface area contributed by atoms with Crippen LogP contribution in [0.25, 0.3) is 0 Å². The molecular weight excluding hydrogens is 241 g/mol. The minimum atomic E-state index is -3.67. The van der Waals surface area contributed by atoms with E-state index in [2.05, 4.69) is 0 Å². The lowest BCUT2D eigenvalue weighted by Gasteiger charge is -2.02. The number of hydrogen-bond donors (Lipinski definition) is 1. The molecule has 0 aliphatic rings. The predicted octanol–water partition coefficient (Wildman–Crippen LogP) is 1.27. The summed E-state index contributed by atoms with van der Waals surface area (Å²) < 4.78 is 39.1. The maximum Gasteiger partial charge on any atom is 0.247 e. The van der Waals surface area contributed by atoms with Crippen molar-refractivity contribution in [1.29, 1.82) is 0 Å². The van der Waals surface area contributed by atoms with Crippen molar-refractivity contribution >= 4 is 21.4 Å². The van der Waals surface area contributed by atoms with E-state index in [0.29, 0.717) is 12.0 Å². The number of nitrogens with two attached hydrogens (primary N) is 1. The zero-order valence-electron chi connectivity index (χ0n) is 7.98. The standard InChI is InChI=1S/C8H12FNO3S2/c9-3-1-4-13-6-7-2-5-14-8(7)15(10,11)12/h2,5H,1,3-4,6H2,(H2,10,11,12). The molecule has 86 valence electrons. The highest BCUT2D eigenvalue weighted by Crippen LogP contribution is 2.21. The fourth-order valence-corrected chi connectivity index (χ4v) is 2.85. The monoisotopic (exact) mass is 253 g/mol. The summed E-state index contributed by atoms with van der Waals surface area (Å²) in [5.41, 5.74) is 0.529. The molecule has 0 aromatic carbocycles. The number of rotatable bonds is 6. The van der Waals surface area contributed by atoms with Gasteiger partial charge in [-0.3, -0.25) is 4.39 Å². The van der Waals surface area contributed by atoms with Crippen molar-refractivity contribution in [1.82, 2.24) is 0 Å². The van der Waals surface area contributed by atoms with Crippen LogP contribution in [0.3, 0.4) is 0 Å². The normalized spacial score (nSPS) is 11.9. The molecule has 0 fully saturated rings. The molecule has 1 heterocycles. The van der Waals surface area contributed by atoms with Gasteiger partial charge in [-0.2, -0.15) is 0 Å². The van der Waals surface area contributed by atoms with Gasteiger partial charge in [0.25, 0.3) is 0 Å². The van der Waals surface area contributed by atoms with Crippen molar-refractivity contribution in [3.05, 3.63) is 17.0 Å². The molecule has 0 atom stereocenters. The van der Waals surface area contributed by atoms with Crippen molar-refractivity contribution in [3.63, 3.8) is 0 Å². The molecule has 1 aromatic heterocycles. The van der Waals surface area contributed by atoms with Crippen molar-refractivity contribution in [2.24, 2.45) is 5.14 Å². The minimum Gasteiger partial charge on any atom is -0.377 e. The number of halogens is 1. The second kappa shape index (κ2) is 5.55. The average molecular weight is 253 g/mol. The Bertz CT molecular complexity index is 402. The third-order valence-corrected chi connectivity index (χ3v) is 4.16. The van der Waals surface area contributed by atoms with Crippen LogP contribution < -0.4 is 5.14 Å². The first kappa shape index (κ1) is 12.6. The maximum absolute atomic E-state index is 11.7. The van der Waals surface area contributed by atoms with Gasteiger partial charge in [0.05, 0.1) is 13.3 Å². The number of thiophene rings is 1. The summed E-state index contributed by atoms with van der Waals surface area (Å²) in [4.78, 5) is 0. The lowest BCUT2D eigenvalue weighted by atomic mass is 10.4. The summed E-state index contributed by atoms with van der Waals surface area (Å²) in [6, 6.07) is 1.64. The second-order valence-electron chi connectivity index (χ2n) is 2.87. The van der Waals surface area contributed by atoms with Gasteiger partial charge in [-0.05, 0) is 17.9 Å². The fourth-order valence-electron chi connectivity index (χ4n) is 1.02. The summed E-state index contributed by atoms with van der Waals surface area (Å²) in [5, 5.41) is 6.63. The molecule has 4 nitrogen and oxygen atoms in total. The molecule has 1 rings (SSSR count). The number of ether oxygens (including phenoxy) is 1. The first-order valence-corrected chi connectivity index (χ1v) is 6.71. The smallest absolute Gasteiger partial charge is 0.247 e. The zero-order chi connectivity index (χ0) is 11.3. The number of hydrogen-bond acceptors (Lipinski definition) is 4. The molecule has 0 radical (unpaired) electrons. The van der Waals surface area contributed by atoms with Gasteiger partial charge in [0.2, 0.25) is 10.0 Å². The molecule has 0 unspecified atom stereocenters. The number of sulfonamides is 1. The van der Waals surface area contributed by atoms with Gasteiger partial charge >= 0.3 is 0 Å². The van der Waals surface area contributed by atoms with E-state index in [1.807, 2.05) is 0 Å². The van der Waals surface area contributed by atoms with Gasteiger partial charge in [0.15, 0.2) is 0 Å². The lowest BCUT2D eigenvalue weighted by molar-refractivity contribution is 0.112. The average Bonchev–Trinajstić information content (AvgIpc) is 2.59. The van der Waals surface area contributed by atoms with Gasteiger partial charge in [-0.15, -0.1) is 11.3 Å². The molecule has 0 saturated heterocycles. The fraction of sp³-hybridized carbons (Fsp3) is 0.500. The Balaban J connectivity index is 2.59. The Hall–Kier alpha value is -0.500. The molecule has 15 heavy (non-hydrogen) atoms. The van der Waals surface area contributed by atoms with Crippen LogP contribution in [0.15, 0.2) is 15.7 Å². The third kappa shape index (κ3) is 3.86. The largest absolute Gasteiger partial charge is 0.377 e. The van der Waals surface area contributed by atoms with E-state index in [0.717, 1.165) is 11.3 Å². The third-order valence-electron chi connectivity index (χ3n) is 1.64. The van der Waals surface area contributed by atoms with Crippen LogP contribution in [-0.4, -0.2) is 21.7 Å². The molecule has 0 saturated carbocycles. The van der Waals surface area contributed by atoms with E-state index in [1.165, 1.54) is 0 Å². The van der Waals surface area contributed by atoms with Crippen LogP contribution >= 0.6 is 11.3 Å². The maximum atomic E-state index is 11.7. The van der Waals surface area contributed by atoms with Gasteiger partial charge in [0.1, 0.15) is 4.21 Å². The van der Waals surface area contributed by atoms with Crippen LogP contribution in [0.2, 0.25) is 0 Å². The molecule has 0 aliphatic carbocycles. The highest BCUT2D eigenvalue weighted by atomic mass is 32.2. The highest BCUT2D eigenvalue weighted by Gasteiger charge is 2.15. The Morgan fingerprint density at radius 3 is 2.87 bits per heavy atom. The summed E-state index contributed by atoms with van der Waals surface area (Å²) >= 11 is 1.05. The topological polar surface area (TPSA) is 69.4 Å². The van der Waals surface area contributed by atoms with Crippen molar-refractivity contribution in [2.75, 3.05) is 13.3 Å². The summed E-state index contributed by atoms with van der Waals surface area (Å²) in [7, 11) is -3.67. The van der Waals surface area contributed by atoms with E-state index >= 15 is 0 Å². The van der Waals surface area contributed by atoms with Gasteiger partial charge in [-0.1, -0.05) is 0 Å². The first-order valence-electron chi connectivity index (χ1n) is 4.28. The second-order valence-corrected chi connectivity index (χ2v) is 5.55. The zero-order valence-corrected chi connectivity index (χ0v) is 9.61. The van der Waals surface area contributed by atoms with Crippen LogP contribution in [0.1, 0.15) is 12.0 Å². The van der Waals surface area contributed by atoms with Crippen LogP contribution in [-0.2, 0) is 21.4 Å². The molecular formula is C8H12FNO3S2. The Kier molecular flexibility index (Phi) is 4.65. The van der Waals surface area contributed by atoms with E-state index < -0.39 is 16.7 Å². The Labute approximate surface area is 91.9 Å². The number of primary sulfonamides is 1. The van der Waals surface area contributed by atoms with E-state index in [1.54, 1.807) is 11.4 Å². The Morgan fingerprint density at radius 2 is 2.27 bits per heavy atom. The van der Waals surface area contributed by atoms with Crippen molar-refractivity contribution in [2.45, 2.75) is 17.2 Å². The van der Waals surface area contributed by atoms with Crippen LogP contribution in [0.4, 0.5) is 4.39 Å². The van der Waals surface area contributed by atoms with E-state index in [4.69, 9.17) is 9.88 Å². The quantitative estimate of drug-likeness (QED) is 0.776. The molecule has 2 N–H and O–H groups in total. The van der Waals surface area contributed by atoms with Gasteiger partial charge in [0, 0.05) is 12.2 Å². The minimum absolute atomic E-state index is 0.114. The van der Waals surface area contributed by atoms with Crippen molar-refractivity contribution < 1.29 is 17.5 Å². The van der Waals surface area contributed by atoms with E-state index in [-0.39, 0.29) is 17.4 Å². The molecule has 7 heteroatoms. The SMILES string of the molecule is NS(=O)(=O)c1sccc1COCCCF. The summed E-state index contributed by atoms with van der Waals surface area (Å²) in [6.45, 7) is -0.0165. The Morgan fingerprint density at radius 1 is 1.53 bits per heavy atom. The van der Waals surface area contributed by atoms with Crippen molar-refractivity contribution in [3.8, 4) is 0 Å². The summed E-state index contributed by atoms with van der Waals surface area (Å²) in [6.07, 6.45) is 0.314. The first-order chi connectivity index (χ1) is 7.05. The van der Waals surface area contributed by atoms with Crippen LogP contribution in [0, 0.1) is 0 Å². The molecule has 0 spiro atoms. The molecule has 1 aromatic rings. The highest BCUT2D eigenvalue weighted by molar-refractivity contribution is 7.91. The summed E-state index contributed by atoms with van der Waals surface area (Å²) in [5.74, 6) is 0. The lowest BCUT2D eigenvalue weighted by Crippen LogP contribution is -2.12. The van der Waals surface area contributed by atoms with E-state index in [9.17, 15) is 12.8 Å². The van der Waals surface area contributed by atoms with Gasteiger partial charge < -0.3 is 4.74 Å². The predicted molar refractivity (Wildman–Crippen MR) is 55.9 cm³/mol. The van der Waals surface area contributed by atoms with Gasteiger partial charge in [-0.25, -0.2) is 13.6 Å².